The summed E-state index contributed by atoms with van der Waals surface area (Å²) in [6, 6.07) is 13.6. The molecular weight excluding hydrogens is 306 g/mol. The second kappa shape index (κ2) is 5.09. The maximum atomic E-state index is 5.63. The lowest BCUT2D eigenvalue weighted by Gasteiger charge is -2.19. The van der Waals surface area contributed by atoms with E-state index in [0.29, 0.717) is 24.7 Å². The van der Waals surface area contributed by atoms with E-state index in [1.165, 1.54) is 0 Å². The monoisotopic (exact) mass is 319 g/mol. The van der Waals surface area contributed by atoms with Gasteiger partial charge in [-0.15, -0.1) is 10.2 Å². The Hall–Kier alpha value is -3.35. The van der Waals surface area contributed by atoms with Crippen molar-refractivity contribution in [2.75, 3.05) is 18.5 Å². The number of hydrogen-bond donors (Lipinski definition) is 1. The number of ether oxygens (including phenoxy) is 2. The van der Waals surface area contributed by atoms with E-state index >= 15 is 0 Å². The minimum Gasteiger partial charge on any atom is -0.486 e. The van der Waals surface area contributed by atoms with Crippen molar-refractivity contribution in [3.05, 3.63) is 48.8 Å². The van der Waals surface area contributed by atoms with Crippen LogP contribution in [0.15, 0.2) is 48.8 Å². The number of benzene rings is 2. The highest BCUT2D eigenvalue weighted by molar-refractivity contribution is 5.84. The molecular formula is C17H13N5O2. The van der Waals surface area contributed by atoms with Crippen LogP contribution in [0.4, 0.5) is 11.5 Å². The summed E-state index contributed by atoms with van der Waals surface area (Å²) in [4.78, 5) is 4.68. The van der Waals surface area contributed by atoms with Crippen molar-refractivity contribution in [3.63, 3.8) is 0 Å². The molecule has 0 fully saturated rings. The van der Waals surface area contributed by atoms with Gasteiger partial charge in [0.1, 0.15) is 19.5 Å². The Labute approximate surface area is 136 Å². The average Bonchev–Trinajstić information content (AvgIpc) is 3.12. The highest BCUT2D eigenvalue weighted by Gasteiger charge is 2.14. The van der Waals surface area contributed by atoms with Crippen LogP contribution >= 0.6 is 0 Å². The predicted octanol–water partition coefficient (Wildman–Crippen LogP) is 2.79. The highest BCUT2D eigenvalue weighted by Crippen LogP contribution is 2.34. The predicted molar refractivity (Wildman–Crippen MR) is 89.0 cm³/mol. The zero-order chi connectivity index (χ0) is 15.9. The average molecular weight is 319 g/mol. The number of aromatic nitrogens is 4. The molecule has 1 aliphatic heterocycles. The second-order valence-corrected chi connectivity index (χ2v) is 5.46. The van der Waals surface area contributed by atoms with Gasteiger partial charge in [-0.3, -0.25) is 4.40 Å². The van der Waals surface area contributed by atoms with Gasteiger partial charge >= 0.3 is 0 Å². The first-order valence-corrected chi connectivity index (χ1v) is 7.64. The Balaban J connectivity index is 1.62. The topological polar surface area (TPSA) is 73.6 Å². The Morgan fingerprint density at radius 3 is 2.83 bits per heavy atom. The second-order valence-electron chi connectivity index (χ2n) is 5.46. The molecule has 2 aromatic carbocycles. The van der Waals surface area contributed by atoms with Gasteiger partial charge in [0.05, 0.1) is 11.0 Å². The first-order chi connectivity index (χ1) is 11.9. The molecule has 3 heterocycles. The summed E-state index contributed by atoms with van der Waals surface area (Å²) in [5, 5.41) is 11.5. The molecule has 7 nitrogen and oxygen atoms in total. The Morgan fingerprint density at radius 2 is 1.88 bits per heavy atom. The standard InChI is InChI=1S/C17H13N5O2/c1-2-4-13-12(3-1)20-16(17-21-18-10-22(13)17)19-11-5-6-14-15(9-11)24-8-7-23-14/h1-6,9-10H,7-8H2,(H,19,20). The van der Waals surface area contributed by atoms with Gasteiger partial charge in [-0.2, -0.15) is 0 Å². The molecule has 0 saturated carbocycles. The summed E-state index contributed by atoms with van der Waals surface area (Å²) < 4.78 is 13.1. The van der Waals surface area contributed by atoms with Crippen LogP contribution in [0.2, 0.25) is 0 Å². The number of anilines is 2. The molecule has 0 amide bonds. The molecule has 0 saturated heterocycles. The van der Waals surface area contributed by atoms with Crippen LogP contribution in [-0.4, -0.2) is 32.8 Å². The van der Waals surface area contributed by atoms with E-state index in [2.05, 4.69) is 20.5 Å². The van der Waals surface area contributed by atoms with Crippen LogP contribution in [0.5, 0.6) is 11.5 Å². The summed E-state index contributed by atoms with van der Waals surface area (Å²) in [6.45, 7) is 1.13. The van der Waals surface area contributed by atoms with Crippen molar-refractivity contribution in [1.82, 2.24) is 19.6 Å². The molecule has 0 aliphatic carbocycles. The lowest BCUT2D eigenvalue weighted by molar-refractivity contribution is 0.171. The molecule has 24 heavy (non-hydrogen) atoms. The summed E-state index contributed by atoms with van der Waals surface area (Å²) in [7, 11) is 0. The zero-order valence-electron chi connectivity index (χ0n) is 12.6. The van der Waals surface area contributed by atoms with Crippen LogP contribution in [-0.2, 0) is 0 Å². The molecule has 1 N–H and O–H groups in total. The van der Waals surface area contributed by atoms with Crippen LogP contribution in [0, 0.1) is 0 Å². The fourth-order valence-corrected chi connectivity index (χ4v) is 2.85. The van der Waals surface area contributed by atoms with E-state index < -0.39 is 0 Å². The smallest absolute Gasteiger partial charge is 0.204 e. The Kier molecular flexibility index (Phi) is 2.78. The summed E-state index contributed by atoms with van der Waals surface area (Å²) in [5.41, 5.74) is 3.35. The first-order valence-electron chi connectivity index (χ1n) is 7.64. The number of fused-ring (bicyclic) bond motifs is 4. The van der Waals surface area contributed by atoms with Crippen molar-refractivity contribution in [1.29, 1.82) is 0 Å². The fourth-order valence-electron chi connectivity index (χ4n) is 2.85. The van der Waals surface area contributed by atoms with E-state index in [4.69, 9.17) is 9.47 Å². The van der Waals surface area contributed by atoms with Crippen molar-refractivity contribution in [2.45, 2.75) is 0 Å². The van der Waals surface area contributed by atoms with E-state index in [1.807, 2.05) is 46.9 Å². The molecule has 0 spiro atoms. The van der Waals surface area contributed by atoms with Gasteiger partial charge < -0.3 is 14.8 Å². The first kappa shape index (κ1) is 13.1. The number of hydrogen-bond acceptors (Lipinski definition) is 6. The largest absolute Gasteiger partial charge is 0.486 e. The van der Waals surface area contributed by atoms with E-state index in [-0.39, 0.29) is 0 Å². The third kappa shape index (κ3) is 2.02. The van der Waals surface area contributed by atoms with Gasteiger partial charge in [0, 0.05) is 11.8 Å². The molecule has 0 bridgehead atoms. The molecule has 1 aliphatic rings. The van der Waals surface area contributed by atoms with Gasteiger partial charge in [-0.25, -0.2) is 4.98 Å². The molecule has 7 heteroatoms. The SMILES string of the molecule is c1ccc2c(c1)nc(Nc1ccc3c(c1)OCCO3)c1nncn12. The van der Waals surface area contributed by atoms with Gasteiger partial charge in [-0.1, -0.05) is 12.1 Å². The van der Waals surface area contributed by atoms with E-state index in [0.717, 1.165) is 28.2 Å². The number of nitrogens with zero attached hydrogens (tertiary/aromatic N) is 4. The van der Waals surface area contributed by atoms with Crippen molar-refractivity contribution in [2.24, 2.45) is 0 Å². The van der Waals surface area contributed by atoms with Crippen molar-refractivity contribution >= 4 is 28.2 Å². The zero-order valence-corrected chi connectivity index (χ0v) is 12.6. The van der Waals surface area contributed by atoms with Crippen LogP contribution in [0.1, 0.15) is 0 Å². The van der Waals surface area contributed by atoms with Crippen molar-refractivity contribution in [3.8, 4) is 11.5 Å². The number of para-hydroxylation sites is 2. The number of rotatable bonds is 2. The molecule has 5 rings (SSSR count). The molecule has 2 aromatic heterocycles. The maximum absolute atomic E-state index is 5.63. The molecule has 4 aromatic rings. The molecule has 0 atom stereocenters. The Bertz CT molecular complexity index is 1060. The van der Waals surface area contributed by atoms with Crippen LogP contribution in [0.3, 0.4) is 0 Å². The summed E-state index contributed by atoms with van der Waals surface area (Å²) in [6.07, 6.45) is 1.69. The minimum atomic E-state index is 0.555. The molecule has 0 radical (unpaired) electrons. The Morgan fingerprint density at radius 1 is 1.00 bits per heavy atom. The van der Waals surface area contributed by atoms with Gasteiger partial charge in [0.2, 0.25) is 5.65 Å². The van der Waals surface area contributed by atoms with E-state index in [1.54, 1.807) is 6.33 Å². The van der Waals surface area contributed by atoms with Gasteiger partial charge in [-0.05, 0) is 24.3 Å². The lowest BCUT2D eigenvalue weighted by atomic mass is 10.2. The molecule has 118 valence electrons. The van der Waals surface area contributed by atoms with Crippen molar-refractivity contribution < 1.29 is 9.47 Å². The fraction of sp³-hybridized carbons (Fsp3) is 0.118. The highest BCUT2D eigenvalue weighted by atomic mass is 16.6. The van der Waals surface area contributed by atoms with E-state index in [9.17, 15) is 0 Å². The molecule has 0 unspecified atom stereocenters. The summed E-state index contributed by atoms with van der Waals surface area (Å²) >= 11 is 0. The van der Waals surface area contributed by atoms with Gasteiger partial charge in [0.25, 0.3) is 0 Å². The normalized spacial score (nSPS) is 13.3. The summed E-state index contributed by atoms with van der Waals surface area (Å²) in [5.74, 6) is 2.12. The third-order valence-electron chi connectivity index (χ3n) is 3.94. The van der Waals surface area contributed by atoms with Crippen LogP contribution in [0.25, 0.3) is 16.7 Å². The van der Waals surface area contributed by atoms with Crippen LogP contribution < -0.4 is 14.8 Å². The maximum Gasteiger partial charge on any atom is 0.204 e. The minimum absolute atomic E-state index is 0.555. The van der Waals surface area contributed by atoms with Gasteiger partial charge in [0.15, 0.2) is 17.3 Å². The quantitative estimate of drug-likeness (QED) is 0.612. The number of nitrogens with one attached hydrogen (secondary N) is 1. The lowest BCUT2D eigenvalue weighted by Crippen LogP contribution is -2.15. The third-order valence-corrected chi connectivity index (χ3v) is 3.94.